The molecule has 0 aliphatic heterocycles. The predicted octanol–water partition coefficient (Wildman–Crippen LogP) is 2.15. The van der Waals surface area contributed by atoms with Crippen molar-refractivity contribution in [3.8, 4) is 0 Å². The van der Waals surface area contributed by atoms with Crippen LogP contribution in [0, 0.1) is 0 Å². The fourth-order valence-corrected chi connectivity index (χ4v) is 2.51. The molecule has 0 bridgehead atoms. The molecule has 1 aromatic rings. The van der Waals surface area contributed by atoms with E-state index in [4.69, 9.17) is 16.7 Å². The van der Waals surface area contributed by atoms with E-state index >= 15 is 0 Å². The van der Waals surface area contributed by atoms with Gasteiger partial charge in [-0.15, -0.1) is 0 Å². The molecule has 1 aliphatic rings. The SMILES string of the molecule is CNc1cc(C(=O)N(CCCO)C2CCC2)cc(Cl)n1. The van der Waals surface area contributed by atoms with Gasteiger partial charge in [0, 0.05) is 31.8 Å². The minimum absolute atomic E-state index is 0.0380. The van der Waals surface area contributed by atoms with Crippen molar-refractivity contribution in [2.45, 2.75) is 31.7 Å². The topological polar surface area (TPSA) is 65.5 Å². The van der Waals surface area contributed by atoms with E-state index in [1.165, 1.54) is 0 Å². The first kappa shape index (κ1) is 15.1. The number of pyridine rings is 1. The second kappa shape index (κ2) is 6.90. The van der Waals surface area contributed by atoms with Crippen LogP contribution >= 0.6 is 11.6 Å². The van der Waals surface area contributed by atoms with Gasteiger partial charge in [-0.3, -0.25) is 4.79 Å². The standard InChI is InChI=1S/C14H20ClN3O2/c1-16-13-9-10(8-12(15)17-13)14(20)18(6-3-7-19)11-4-2-5-11/h8-9,11,19H,2-7H2,1H3,(H,16,17). The minimum atomic E-state index is -0.0380. The largest absolute Gasteiger partial charge is 0.396 e. The van der Waals surface area contributed by atoms with Gasteiger partial charge in [0.15, 0.2) is 0 Å². The zero-order chi connectivity index (χ0) is 14.5. The van der Waals surface area contributed by atoms with Crippen LogP contribution in [0.3, 0.4) is 0 Å². The highest BCUT2D eigenvalue weighted by molar-refractivity contribution is 6.29. The number of aliphatic hydroxyl groups excluding tert-OH is 1. The van der Waals surface area contributed by atoms with Crippen LogP contribution < -0.4 is 5.32 Å². The molecule has 0 radical (unpaired) electrons. The molecule has 0 atom stereocenters. The average molecular weight is 298 g/mol. The highest BCUT2D eigenvalue weighted by atomic mass is 35.5. The third-order valence-electron chi connectivity index (χ3n) is 3.63. The Labute approximate surface area is 123 Å². The van der Waals surface area contributed by atoms with Gasteiger partial charge in [0.25, 0.3) is 5.91 Å². The first-order valence-electron chi connectivity index (χ1n) is 6.93. The molecule has 0 spiro atoms. The molecular weight excluding hydrogens is 278 g/mol. The minimum Gasteiger partial charge on any atom is -0.396 e. The summed E-state index contributed by atoms with van der Waals surface area (Å²) in [6, 6.07) is 3.59. The zero-order valence-corrected chi connectivity index (χ0v) is 12.4. The monoisotopic (exact) mass is 297 g/mol. The number of halogens is 1. The van der Waals surface area contributed by atoms with Gasteiger partial charge >= 0.3 is 0 Å². The lowest BCUT2D eigenvalue weighted by atomic mass is 9.91. The van der Waals surface area contributed by atoms with Crippen molar-refractivity contribution in [3.63, 3.8) is 0 Å². The molecule has 1 aromatic heterocycles. The van der Waals surface area contributed by atoms with Gasteiger partial charge in [-0.05, 0) is 37.8 Å². The van der Waals surface area contributed by atoms with Crippen LogP contribution in [0.1, 0.15) is 36.0 Å². The number of aliphatic hydroxyl groups is 1. The number of carbonyl (C=O) groups excluding carboxylic acids is 1. The summed E-state index contributed by atoms with van der Waals surface area (Å²) < 4.78 is 0. The van der Waals surface area contributed by atoms with Crippen molar-refractivity contribution in [2.75, 3.05) is 25.5 Å². The first-order chi connectivity index (χ1) is 9.65. The summed E-state index contributed by atoms with van der Waals surface area (Å²) in [6.07, 6.45) is 3.83. The quantitative estimate of drug-likeness (QED) is 0.790. The second-order valence-corrected chi connectivity index (χ2v) is 5.36. The number of aromatic nitrogens is 1. The number of hydrogen-bond donors (Lipinski definition) is 2. The van der Waals surface area contributed by atoms with E-state index in [-0.39, 0.29) is 12.5 Å². The molecular formula is C14H20ClN3O2. The molecule has 20 heavy (non-hydrogen) atoms. The van der Waals surface area contributed by atoms with E-state index in [1.807, 2.05) is 4.90 Å². The Hall–Kier alpha value is -1.33. The average Bonchev–Trinajstić information content (AvgIpc) is 2.39. The maximum Gasteiger partial charge on any atom is 0.254 e. The number of nitrogens with one attached hydrogen (secondary N) is 1. The summed E-state index contributed by atoms with van der Waals surface area (Å²) in [5.41, 5.74) is 0.541. The van der Waals surface area contributed by atoms with Gasteiger partial charge in [-0.25, -0.2) is 4.98 Å². The Morgan fingerprint density at radius 2 is 2.30 bits per heavy atom. The van der Waals surface area contributed by atoms with Crippen molar-refractivity contribution >= 4 is 23.3 Å². The van der Waals surface area contributed by atoms with Gasteiger partial charge in [-0.1, -0.05) is 11.6 Å². The molecule has 1 saturated carbocycles. The Bertz CT molecular complexity index is 477. The third-order valence-corrected chi connectivity index (χ3v) is 3.82. The lowest BCUT2D eigenvalue weighted by molar-refractivity contribution is 0.0562. The van der Waals surface area contributed by atoms with Gasteiger partial charge in [0.05, 0.1) is 0 Å². The normalized spacial score (nSPS) is 14.8. The van der Waals surface area contributed by atoms with Gasteiger partial charge in [-0.2, -0.15) is 0 Å². The molecule has 0 unspecified atom stereocenters. The summed E-state index contributed by atoms with van der Waals surface area (Å²) in [7, 11) is 1.74. The summed E-state index contributed by atoms with van der Waals surface area (Å²) >= 11 is 5.95. The summed E-state index contributed by atoms with van der Waals surface area (Å²) in [4.78, 5) is 18.6. The Morgan fingerprint density at radius 1 is 1.55 bits per heavy atom. The zero-order valence-electron chi connectivity index (χ0n) is 11.6. The lowest BCUT2D eigenvalue weighted by Crippen LogP contribution is -2.45. The highest BCUT2D eigenvalue weighted by Gasteiger charge is 2.29. The van der Waals surface area contributed by atoms with Crippen molar-refractivity contribution in [1.82, 2.24) is 9.88 Å². The van der Waals surface area contributed by atoms with E-state index in [9.17, 15) is 4.79 Å². The van der Waals surface area contributed by atoms with Crippen LogP contribution in [0.4, 0.5) is 5.82 Å². The number of anilines is 1. The van der Waals surface area contributed by atoms with Gasteiger partial charge < -0.3 is 15.3 Å². The number of amides is 1. The van der Waals surface area contributed by atoms with Crippen LogP contribution in [-0.2, 0) is 0 Å². The molecule has 1 fully saturated rings. The van der Waals surface area contributed by atoms with Gasteiger partial charge in [0.1, 0.15) is 11.0 Å². The van der Waals surface area contributed by atoms with Gasteiger partial charge in [0.2, 0.25) is 0 Å². The first-order valence-corrected chi connectivity index (χ1v) is 7.30. The third kappa shape index (κ3) is 3.41. The molecule has 6 heteroatoms. The lowest BCUT2D eigenvalue weighted by Gasteiger charge is -2.37. The Balaban J connectivity index is 2.19. The molecule has 5 nitrogen and oxygen atoms in total. The highest BCUT2D eigenvalue weighted by Crippen LogP contribution is 2.27. The number of rotatable bonds is 6. The molecule has 1 aliphatic carbocycles. The maximum atomic E-state index is 12.6. The fraction of sp³-hybridized carbons (Fsp3) is 0.571. The molecule has 2 N–H and O–H groups in total. The van der Waals surface area contributed by atoms with Crippen molar-refractivity contribution in [2.24, 2.45) is 0 Å². The fourth-order valence-electron chi connectivity index (χ4n) is 2.30. The van der Waals surface area contributed by atoms with Crippen LogP contribution in [0.25, 0.3) is 0 Å². The van der Waals surface area contributed by atoms with Crippen molar-refractivity contribution in [1.29, 1.82) is 0 Å². The summed E-state index contributed by atoms with van der Waals surface area (Å²) in [5, 5.41) is 12.2. The molecule has 0 aromatic carbocycles. The Morgan fingerprint density at radius 3 is 2.85 bits per heavy atom. The number of nitrogens with zero attached hydrogens (tertiary/aromatic N) is 2. The van der Waals surface area contributed by atoms with E-state index in [0.29, 0.717) is 35.5 Å². The van der Waals surface area contributed by atoms with Crippen molar-refractivity contribution in [3.05, 3.63) is 22.8 Å². The summed E-state index contributed by atoms with van der Waals surface area (Å²) in [5.74, 6) is 0.542. The van der Waals surface area contributed by atoms with Crippen LogP contribution in [0.2, 0.25) is 5.15 Å². The number of carbonyl (C=O) groups is 1. The number of hydrogen-bond acceptors (Lipinski definition) is 4. The maximum absolute atomic E-state index is 12.6. The van der Waals surface area contributed by atoms with Crippen molar-refractivity contribution < 1.29 is 9.90 Å². The van der Waals surface area contributed by atoms with E-state index in [2.05, 4.69) is 10.3 Å². The molecule has 1 heterocycles. The Kier molecular flexibility index (Phi) is 5.20. The van der Waals surface area contributed by atoms with E-state index in [0.717, 1.165) is 19.3 Å². The smallest absolute Gasteiger partial charge is 0.254 e. The van der Waals surface area contributed by atoms with E-state index < -0.39 is 0 Å². The molecule has 0 saturated heterocycles. The molecule has 2 rings (SSSR count). The molecule has 110 valence electrons. The summed E-state index contributed by atoms with van der Waals surface area (Å²) in [6.45, 7) is 0.671. The van der Waals surface area contributed by atoms with E-state index in [1.54, 1.807) is 19.2 Å². The predicted molar refractivity (Wildman–Crippen MR) is 79.2 cm³/mol. The molecule has 1 amide bonds. The van der Waals surface area contributed by atoms with Crippen LogP contribution in [0.5, 0.6) is 0 Å². The second-order valence-electron chi connectivity index (χ2n) is 4.97. The van der Waals surface area contributed by atoms with Crippen LogP contribution in [-0.4, -0.2) is 47.1 Å². The van der Waals surface area contributed by atoms with Crippen LogP contribution in [0.15, 0.2) is 12.1 Å².